The molecule has 1 saturated carbocycles. The van der Waals surface area contributed by atoms with Gasteiger partial charge in [0.25, 0.3) is 5.91 Å². The van der Waals surface area contributed by atoms with Crippen LogP contribution in [0.5, 0.6) is 0 Å². The molecule has 1 aliphatic carbocycles. The zero-order valence-electron chi connectivity index (χ0n) is 12.3. The third-order valence-corrected chi connectivity index (χ3v) is 3.97. The maximum Gasteiger partial charge on any atom is 0.314 e. The summed E-state index contributed by atoms with van der Waals surface area (Å²) in [7, 11) is 0. The Morgan fingerprint density at radius 3 is 2.95 bits per heavy atom. The molecule has 7 nitrogen and oxygen atoms in total. The zero-order chi connectivity index (χ0) is 15.8. The number of hydrogen-bond donors (Lipinski definition) is 1. The minimum Gasteiger partial charge on any atom is -0.465 e. The van der Waals surface area contributed by atoms with Gasteiger partial charge < -0.3 is 4.74 Å². The number of nitrogens with one attached hydrogen (secondary N) is 1. The number of rotatable bonds is 6. The van der Waals surface area contributed by atoms with E-state index in [1.165, 1.54) is 11.8 Å². The van der Waals surface area contributed by atoms with Crippen LogP contribution in [0.4, 0.5) is 0 Å². The topological polar surface area (TPSA) is 93.5 Å². The van der Waals surface area contributed by atoms with E-state index in [2.05, 4.69) is 20.5 Å². The fraction of sp³-hybridized carbons (Fsp3) is 0.500. The summed E-state index contributed by atoms with van der Waals surface area (Å²) >= 11 is 1.23. The average molecular weight is 322 g/mol. The molecule has 0 radical (unpaired) electrons. The van der Waals surface area contributed by atoms with Gasteiger partial charge in [0.15, 0.2) is 5.16 Å². The number of thioether (sulfide) groups is 1. The highest BCUT2D eigenvalue weighted by molar-refractivity contribution is 7.99. The minimum atomic E-state index is -0.328. The van der Waals surface area contributed by atoms with E-state index in [1.807, 2.05) is 0 Å². The lowest BCUT2D eigenvalue weighted by Crippen LogP contribution is -2.26. The van der Waals surface area contributed by atoms with Gasteiger partial charge in [0.2, 0.25) is 0 Å². The molecule has 0 aromatic carbocycles. The molecule has 0 spiro atoms. The maximum absolute atomic E-state index is 11.8. The van der Waals surface area contributed by atoms with Crippen LogP contribution in [-0.4, -0.2) is 39.9 Å². The van der Waals surface area contributed by atoms with Crippen LogP contribution >= 0.6 is 11.8 Å². The number of carbonyl (C=O) groups is 2. The molecule has 1 aromatic rings. The van der Waals surface area contributed by atoms with Crippen molar-refractivity contribution in [1.82, 2.24) is 15.4 Å². The molecule has 1 N–H and O–H groups in total. The molecular weight excluding hydrogens is 304 g/mol. The predicted molar refractivity (Wildman–Crippen MR) is 82.3 cm³/mol. The number of hydrazone groups is 1. The van der Waals surface area contributed by atoms with Crippen molar-refractivity contribution in [3.8, 4) is 0 Å². The molecule has 1 aromatic heterocycles. The van der Waals surface area contributed by atoms with Crippen molar-refractivity contribution in [2.24, 2.45) is 11.0 Å². The summed E-state index contributed by atoms with van der Waals surface area (Å²) in [6, 6.07) is 1.71. The van der Waals surface area contributed by atoms with Gasteiger partial charge in [-0.25, -0.2) is 15.4 Å². The van der Waals surface area contributed by atoms with Crippen molar-refractivity contribution in [3.05, 3.63) is 18.5 Å². The number of ether oxygens (including phenoxy) is 1. The van der Waals surface area contributed by atoms with Crippen LogP contribution in [0.25, 0.3) is 0 Å². The van der Waals surface area contributed by atoms with Gasteiger partial charge in [0.05, 0.1) is 24.0 Å². The standard InChI is InChI=1S/C14H18N4O3S/c1-2-21-13(20)10-5-3-6-11(10)17-18-12(19)9-22-14-15-7-4-8-16-14/h4,7-8,10H,2-3,5-6,9H2,1H3,(H,18,19). The number of aromatic nitrogens is 2. The van der Waals surface area contributed by atoms with E-state index in [1.54, 1.807) is 25.4 Å². The first-order chi connectivity index (χ1) is 10.7. The van der Waals surface area contributed by atoms with E-state index >= 15 is 0 Å². The summed E-state index contributed by atoms with van der Waals surface area (Å²) in [6.45, 7) is 2.12. The Hall–Kier alpha value is -1.96. The van der Waals surface area contributed by atoms with E-state index in [9.17, 15) is 9.59 Å². The summed E-state index contributed by atoms with van der Waals surface area (Å²) in [5, 5.41) is 4.62. The molecule has 118 valence electrons. The van der Waals surface area contributed by atoms with Crippen molar-refractivity contribution in [1.29, 1.82) is 0 Å². The van der Waals surface area contributed by atoms with Crippen molar-refractivity contribution < 1.29 is 14.3 Å². The first-order valence-electron chi connectivity index (χ1n) is 7.12. The molecule has 1 aliphatic rings. The quantitative estimate of drug-likeness (QED) is 0.368. The van der Waals surface area contributed by atoms with Crippen LogP contribution in [0.1, 0.15) is 26.2 Å². The average Bonchev–Trinajstić information content (AvgIpc) is 3.01. The first-order valence-corrected chi connectivity index (χ1v) is 8.11. The Kier molecular flexibility index (Phi) is 6.32. The van der Waals surface area contributed by atoms with Crippen molar-refractivity contribution in [2.45, 2.75) is 31.3 Å². The number of amides is 1. The van der Waals surface area contributed by atoms with E-state index < -0.39 is 0 Å². The van der Waals surface area contributed by atoms with Crippen molar-refractivity contribution in [2.75, 3.05) is 12.4 Å². The Balaban J connectivity index is 1.82. The first kappa shape index (κ1) is 16.4. The molecule has 2 rings (SSSR count). The fourth-order valence-corrected chi connectivity index (χ4v) is 2.71. The van der Waals surface area contributed by atoms with Gasteiger partial charge in [-0.2, -0.15) is 5.10 Å². The summed E-state index contributed by atoms with van der Waals surface area (Å²) in [5.74, 6) is -0.671. The highest BCUT2D eigenvalue weighted by atomic mass is 32.2. The third kappa shape index (κ3) is 4.80. The molecular formula is C14H18N4O3S. The van der Waals surface area contributed by atoms with Gasteiger partial charge >= 0.3 is 5.97 Å². The van der Waals surface area contributed by atoms with E-state index in [4.69, 9.17) is 4.74 Å². The fourth-order valence-electron chi connectivity index (χ4n) is 2.12. The molecule has 1 amide bonds. The smallest absolute Gasteiger partial charge is 0.314 e. The summed E-state index contributed by atoms with van der Waals surface area (Å²) in [4.78, 5) is 31.6. The molecule has 8 heteroatoms. The van der Waals surface area contributed by atoms with Crippen LogP contribution in [0.2, 0.25) is 0 Å². The van der Waals surface area contributed by atoms with Crippen LogP contribution in [-0.2, 0) is 14.3 Å². The highest BCUT2D eigenvalue weighted by Crippen LogP contribution is 2.23. The Morgan fingerprint density at radius 2 is 2.23 bits per heavy atom. The van der Waals surface area contributed by atoms with E-state index in [0.717, 1.165) is 12.8 Å². The van der Waals surface area contributed by atoms with Crippen molar-refractivity contribution >= 4 is 29.4 Å². The lowest BCUT2D eigenvalue weighted by molar-refractivity contribution is -0.145. The molecule has 1 unspecified atom stereocenters. The minimum absolute atomic E-state index is 0.171. The van der Waals surface area contributed by atoms with Crippen LogP contribution < -0.4 is 5.43 Å². The molecule has 1 fully saturated rings. The lowest BCUT2D eigenvalue weighted by atomic mass is 10.1. The van der Waals surface area contributed by atoms with Gasteiger partial charge in [0, 0.05) is 12.4 Å². The number of esters is 1. The molecule has 0 aliphatic heterocycles. The van der Waals surface area contributed by atoms with Gasteiger partial charge in [-0.1, -0.05) is 11.8 Å². The molecule has 1 heterocycles. The normalized spacial score (nSPS) is 19.1. The lowest BCUT2D eigenvalue weighted by Gasteiger charge is -2.09. The van der Waals surface area contributed by atoms with Crippen LogP contribution in [0, 0.1) is 5.92 Å². The number of hydrogen-bond acceptors (Lipinski definition) is 7. The van der Waals surface area contributed by atoms with Gasteiger partial charge in [-0.15, -0.1) is 0 Å². The zero-order valence-corrected chi connectivity index (χ0v) is 13.1. The van der Waals surface area contributed by atoms with E-state index in [-0.39, 0.29) is 23.5 Å². The molecule has 1 atom stereocenters. The van der Waals surface area contributed by atoms with Crippen molar-refractivity contribution in [3.63, 3.8) is 0 Å². The second kappa shape index (κ2) is 8.47. The summed E-state index contributed by atoms with van der Waals surface area (Å²) in [5.41, 5.74) is 3.17. The Labute approximate surface area is 132 Å². The van der Waals surface area contributed by atoms with Gasteiger partial charge in [-0.05, 0) is 32.3 Å². The number of carbonyl (C=O) groups excluding carboxylic acids is 2. The largest absolute Gasteiger partial charge is 0.465 e. The van der Waals surface area contributed by atoms with Gasteiger partial charge in [-0.3, -0.25) is 9.59 Å². The Bertz CT molecular complexity index is 550. The van der Waals surface area contributed by atoms with Crippen LogP contribution in [0.15, 0.2) is 28.7 Å². The molecule has 22 heavy (non-hydrogen) atoms. The summed E-state index contributed by atoms with van der Waals surface area (Å²) in [6.07, 6.45) is 5.55. The Morgan fingerprint density at radius 1 is 1.45 bits per heavy atom. The second-order valence-electron chi connectivity index (χ2n) is 4.66. The number of nitrogens with zero attached hydrogens (tertiary/aromatic N) is 3. The SMILES string of the molecule is CCOC(=O)C1CCCC1=NNC(=O)CSc1ncccn1. The third-order valence-electron chi connectivity index (χ3n) is 3.10. The summed E-state index contributed by atoms with van der Waals surface area (Å²) < 4.78 is 5.02. The second-order valence-corrected chi connectivity index (χ2v) is 5.60. The predicted octanol–water partition coefficient (Wildman–Crippen LogP) is 1.40. The monoisotopic (exact) mass is 322 g/mol. The van der Waals surface area contributed by atoms with Crippen LogP contribution in [0.3, 0.4) is 0 Å². The maximum atomic E-state index is 11.8. The van der Waals surface area contributed by atoms with E-state index in [0.29, 0.717) is 23.9 Å². The molecule has 0 bridgehead atoms. The van der Waals surface area contributed by atoms with Gasteiger partial charge in [0.1, 0.15) is 0 Å². The molecule has 0 saturated heterocycles. The highest BCUT2D eigenvalue weighted by Gasteiger charge is 2.30.